The molecule has 0 bridgehead atoms. The van der Waals surface area contributed by atoms with Crippen LogP contribution in [-0.2, 0) is 4.74 Å². The largest absolute Gasteiger partial charge is 0.445 e. The van der Waals surface area contributed by atoms with Gasteiger partial charge in [0.2, 0.25) is 0 Å². The molecule has 1 amide bonds. The average molecular weight is 268 g/mol. The van der Waals surface area contributed by atoms with Crippen LogP contribution in [0.5, 0.6) is 0 Å². The average Bonchev–Trinajstić information content (AvgIpc) is 3.06. The minimum absolute atomic E-state index is 0.0120. The number of aliphatic hydroxyl groups is 1. The Kier molecular flexibility index (Phi) is 4.55. The van der Waals surface area contributed by atoms with Crippen molar-refractivity contribution in [3.63, 3.8) is 0 Å². The number of hydrogen-bond donors (Lipinski definition) is 2. The summed E-state index contributed by atoms with van der Waals surface area (Å²) in [5.41, 5.74) is 0.281. The summed E-state index contributed by atoms with van der Waals surface area (Å²) < 4.78 is 10.8. The monoisotopic (exact) mass is 268 g/mol. The quantitative estimate of drug-likeness (QED) is 0.840. The Morgan fingerprint density at radius 3 is 3.05 bits per heavy atom. The van der Waals surface area contributed by atoms with Gasteiger partial charge in [-0.15, -0.1) is 0 Å². The van der Waals surface area contributed by atoms with Gasteiger partial charge in [-0.3, -0.25) is 4.79 Å². The highest BCUT2D eigenvalue weighted by atomic mass is 16.5. The number of ether oxygens (including phenoxy) is 1. The summed E-state index contributed by atoms with van der Waals surface area (Å²) in [6.45, 7) is 4.43. The summed E-state index contributed by atoms with van der Waals surface area (Å²) in [7, 11) is 0. The van der Waals surface area contributed by atoms with E-state index in [0.717, 1.165) is 12.8 Å². The molecule has 2 N–H and O–H groups in total. The lowest BCUT2D eigenvalue weighted by Gasteiger charge is -2.19. The second kappa shape index (κ2) is 6.16. The minimum atomic E-state index is -0.285. The number of carbonyl (C=O) groups is 1. The van der Waals surface area contributed by atoms with E-state index in [1.807, 2.05) is 13.8 Å². The van der Waals surface area contributed by atoms with Crippen molar-refractivity contribution >= 4 is 5.91 Å². The van der Waals surface area contributed by atoms with Gasteiger partial charge in [0, 0.05) is 19.3 Å². The molecule has 1 aromatic rings. The second-order valence-electron chi connectivity index (χ2n) is 4.99. The van der Waals surface area contributed by atoms with E-state index in [1.165, 1.54) is 6.39 Å². The molecule has 2 rings (SSSR count). The number of aliphatic hydroxyl groups excluding tert-OH is 1. The van der Waals surface area contributed by atoms with E-state index in [2.05, 4.69) is 10.3 Å². The van der Waals surface area contributed by atoms with Gasteiger partial charge in [0.25, 0.3) is 5.91 Å². The maximum atomic E-state index is 12.1. The lowest BCUT2D eigenvalue weighted by atomic mass is 10.0. The first-order valence-corrected chi connectivity index (χ1v) is 6.60. The van der Waals surface area contributed by atoms with Gasteiger partial charge in [-0.25, -0.2) is 4.98 Å². The molecule has 1 fully saturated rings. The van der Waals surface area contributed by atoms with Crippen molar-refractivity contribution in [2.24, 2.45) is 5.92 Å². The molecule has 2 heterocycles. The highest BCUT2D eigenvalue weighted by molar-refractivity contribution is 5.93. The van der Waals surface area contributed by atoms with Crippen molar-refractivity contribution in [2.45, 2.75) is 38.8 Å². The van der Waals surface area contributed by atoms with Gasteiger partial charge in [-0.1, -0.05) is 6.92 Å². The fourth-order valence-electron chi connectivity index (χ4n) is 2.01. The van der Waals surface area contributed by atoms with Crippen LogP contribution in [0.15, 0.2) is 10.8 Å². The maximum Gasteiger partial charge on any atom is 0.273 e. The summed E-state index contributed by atoms with van der Waals surface area (Å²) in [5, 5.41) is 11.9. The summed E-state index contributed by atoms with van der Waals surface area (Å²) in [5.74, 6) is 0.202. The maximum absolute atomic E-state index is 12.1. The molecule has 19 heavy (non-hydrogen) atoms. The van der Waals surface area contributed by atoms with Gasteiger partial charge >= 0.3 is 0 Å². The van der Waals surface area contributed by atoms with Gasteiger partial charge in [-0.05, 0) is 25.7 Å². The molecular formula is C13H20N2O4. The minimum Gasteiger partial charge on any atom is -0.445 e. The van der Waals surface area contributed by atoms with Gasteiger partial charge in [-0.2, -0.15) is 0 Å². The number of nitrogens with zero attached hydrogens (tertiary/aromatic N) is 1. The molecule has 0 saturated carbocycles. The van der Waals surface area contributed by atoms with Crippen LogP contribution in [-0.4, -0.2) is 35.3 Å². The molecule has 6 heteroatoms. The zero-order valence-electron chi connectivity index (χ0n) is 11.3. The first-order chi connectivity index (χ1) is 9.13. The van der Waals surface area contributed by atoms with Gasteiger partial charge < -0.3 is 19.6 Å². The summed E-state index contributed by atoms with van der Waals surface area (Å²) >= 11 is 0. The smallest absolute Gasteiger partial charge is 0.273 e. The predicted molar refractivity (Wildman–Crippen MR) is 67.6 cm³/mol. The van der Waals surface area contributed by atoms with Crippen LogP contribution in [0.3, 0.4) is 0 Å². The van der Waals surface area contributed by atoms with E-state index in [9.17, 15) is 4.79 Å². The lowest BCUT2D eigenvalue weighted by Crippen LogP contribution is -2.38. The highest BCUT2D eigenvalue weighted by Gasteiger charge is 2.28. The molecule has 3 atom stereocenters. The van der Waals surface area contributed by atoms with E-state index >= 15 is 0 Å². The summed E-state index contributed by atoms with van der Waals surface area (Å²) in [4.78, 5) is 16.1. The molecular weight excluding hydrogens is 248 g/mol. The number of carbonyl (C=O) groups excluding carboxylic acids is 1. The Bertz CT molecular complexity index is 426. The van der Waals surface area contributed by atoms with Crippen LogP contribution in [0, 0.1) is 5.92 Å². The third-order valence-electron chi connectivity index (χ3n) is 3.53. The molecule has 0 spiro atoms. The molecule has 0 aromatic carbocycles. The van der Waals surface area contributed by atoms with Crippen LogP contribution >= 0.6 is 0 Å². The van der Waals surface area contributed by atoms with Crippen molar-refractivity contribution in [1.82, 2.24) is 10.3 Å². The van der Waals surface area contributed by atoms with E-state index in [0.29, 0.717) is 12.4 Å². The van der Waals surface area contributed by atoms with Crippen molar-refractivity contribution in [1.29, 1.82) is 0 Å². The standard InChI is InChI=1S/C13H20N2O4/c1-8(6-16)9(2)15-13(17)11-12(19-7-14-11)10-4-3-5-18-10/h7-10,16H,3-6H2,1-2H3,(H,15,17). The van der Waals surface area contributed by atoms with Crippen LogP contribution in [0.2, 0.25) is 0 Å². The molecule has 1 aliphatic heterocycles. The molecule has 3 unspecified atom stereocenters. The Morgan fingerprint density at radius 2 is 2.42 bits per heavy atom. The van der Waals surface area contributed by atoms with E-state index < -0.39 is 0 Å². The van der Waals surface area contributed by atoms with Crippen molar-refractivity contribution in [2.75, 3.05) is 13.2 Å². The van der Waals surface area contributed by atoms with Crippen LogP contribution in [0.4, 0.5) is 0 Å². The Balaban J connectivity index is 2.05. The topological polar surface area (TPSA) is 84.6 Å². The van der Waals surface area contributed by atoms with Crippen LogP contribution < -0.4 is 5.32 Å². The van der Waals surface area contributed by atoms with Crippen LogP contribution in [0.1, 0.15) is 49.0 Å². The molecule has 106 valence electrons. The SMILES string of the molecule is CC(CO)C(C)NC(=O)c1ncoc1C1CCCO1. The number of hydrogen-bond acceptors (Lipinski definition) is 5. The number of aromatic nitrogens is 1. The summed E-state index contributed by atoms with van der Waals surface area (Å²) in [6.07, 6.45) is 2.91. The zero-order chi connectivity index (χ0) is 13.8. The molecule has 6 nitrogen and oxygen atoms in total. The third kappa shape index (κ3) is 3.13. The number of rotatable bonds is 5. The van der Waals surface area contributed by atoms with Gasteiger partial charge in [0.15, 0.2) is 17.8 Å². The lowest BCUT2D eigenvalue weighted by molar-refractivity contribution is 0.0841. The molecule has 0 radical (unpaired) electrons. The summed E-state index contributed by atoms with van der Waals surface area (Å²) in [6, 6.07) is -0.133. The molecule has 0 aliphatic carbocycles. The van der Waals surface area contributed by atoms with E-state index in [1.54, 1.807) is 0 Å². The van der Waals surface area contributed by atoms with Crippen molar-refractivity contribution in [3.05, 3.63) is 17.8 Å². The zero-order valence-corrected chi connectivity index (χ0v) is 11.3. The second-order valence-corrected chi connectivity index (χ2v) is 4.99. The van der Waals surface area contributed by atoms with E-state index in [4.69, 9.17) is 14.3 Å². The Morgan fingerprint density at radius 1 is 1.63 bits per heavy atom. The van der Waals surface area contributed by atoms with Gasteiger partial charge in [0.05, 0.1) is 0 Å². The first-order valence-electron chi connectivity index (χ1n) is 6.60. The highest BCUT2D eigenvalue weighted by Crippen LogP contribution is 2.30. The first kappa shape index (κ1) is 14.0. The fraction of sp³-hybridized carbons (Fsp3) is 0.692. The number of amides is 1. The predicted octanol–water partition coefficient (Wildman–Crippen LogP) is 1.27. The number of nitrogens with one attached hydrogen (secondary N) is 1. The van der Waals surface area contributed by atoms with E-state index in [-0.39, 0.29) is 36.3 Å². The number of oxazole rings is 1. The Hall–Kier alpha value is -1.40. The molecule has 1 saturated heterocycles. The molecule has 1 aliphatic rings. The van der Waals surface area contributed by atoms with Crippen LogP contribution in [0.25, 0.3) is 0 Å². The Labute approximate surface area is 112 Å². The van der Waals surface area contributed by atoms with Crippen molar-refractivity contribution < 1.29 is 19.1 Å². The van der Waals surface area contributed by atoms with Gasteiger partial charge in [0.1, 0.15) is 6.10 Å². The van der Waals surface area contributed by atoms with Crippen molar-refractivity contribution in [3.8, 4) is 0 Å². The normalized spacial score (nSPS) is 22.2. The third-order valence-corrected chi connectivity index (χ3v) is 3.53. The molecule has 1 aromatic heterocycles. The fourth-order valence-corrected chi connectivity index (χ4v) is 2.01.